The summed E-state index contributed by atoms with van der Waals surface area (Å²) in [5.41, 5.74) is 0.757. The topological polar surface area (TPSA) is 17.1 Å². The number of carbonyl (C=O) groups excluding carboxylic acids is 1. The van der Waals surface area contributed by atoms with Crippen molar-refractivity contribution in [3.05, 3.63) is 43.2 Å². The van der Waals surface area contributed by atoms with Gasteiger partial charge in [0.05, 0.1) is 8.66 Å². The maximum absolute atomic E-state index is 11.8. The fourth-order valence-electron chi connectivity index (χ4n) is 0.996. The van der Waals surface area contributed by atoms with Crippen molar-refractivity contribution < 1.29 is 4.79 Å². The van der Waals surface area contributed by atoms with Crippen LogP contribution in [-0.4, -0.2) is 5.78 Å². The molecule has 0 fully saturated rings. The summed E-state index contributed by atoms with van der Waals surface area (Å²) < 4.78 is 0.908. The van der Waals surface area contributed by atoms with Crippen molar-refractivity contribution in [3.8, 4) is 0 Å². The first-order chi connectivity index (χ1) is 6.29. The molecule has 0 aromatic carbocycles. The highest BCUT2D eigenvalue weighted by atomic mass is 79.9. The van der Waals surface area contributed by atoms with Gasteiger partial charge in [-0.1, -0.05) is 6.07 Å². The molecule has 0 aliphatic carbocycles. The molecule has 4 heteroatoms. The highest BCUT2D eigenvalue weighted by Crippen LogP contribution is 2.26. The van der Waals surface area contributed by atoms with E-state index in [2.05, 4.69) is 15.9 Å². The molecule has 0 amide bonds. The van der Waals surface area contributed by atoms with Gasteiger partial charge in [-0.2, -0.15) is 0 Å². The summed E-state index contributed by atoms with van der Waals surface area (Å²) in [6.07, 6.45) is 0. The second kappa shape index (κ2) is 3.74. The van der Waals surface area contributed by atoms with Gasteiger partial charge in [-0.25, -0.2) is 0 Å². The average molecular weight is 273 g/mol. The van der Waals surface area contributed by atoms with Gasteiger partial charge in [0.25, 0.3) is 0 Å². The Kier molecular flexibility index (Phi) is 2.62. The minimum absolute atomic E-state index is 0.100. The molecule has 0 spiro atoms. The van der Waals surface area contributed by atoms with Crippen molar-refractivity contribution in [2.75, 3.05) is 0 Å². The maximum atomic E-state index is 11.8. The van der Waals surface area contributed by atoms with Gasteiger partial charge in [0, 0.05) is 5.56 Å². The summed E-state index contributed by atoms with van der Waals surface area (Å²) >= 11 is 6.36. The Morgan fingerprint density at radius 2 is 2.08 bits per heavy atom. The second-order valence-corrected chi connectivity index (χ2v) is 5.60. The number of hydrogen-bond donors (Lipinski definition) is 0. The summed E-state index contributed by atoms with van der Waals surface area (Å²) in [4.78, 5) is 12.6. The molecular formula is C9H5BrOS2. The van der Waals surface area contributed by atoms with Gasteiger partial charge in [-0.3, -0.25) is 4.79 Å². The molecule has 1 nitrogen and oxygen atoms in total. The molecule has 0 saturated carbocycles. The predicted molar refractivity (Wildman–Crippen MR) is 59.8 cm³/mol. The first-order valence-electron chi connectivity index (χ1n) is 3.60. The van der Waals surface area contributed by atoms with Crippen molar-refractivity contribution in [1.82, 2.24) is 0 Å². The minimum atomic E-state index is 0.100. The molecule has 0 unspecified atom stereocenters. The maximum Gasteiger partial charge on any atom is 0.204 e. The van der Waals surface area contributed by atoms with Crippen molar-refractivity contribution in [2.45, 2.75) is 0 Å². The molecule has 0 aliphatic heterocycles. The minimum Gasteiger partial charge on any atom is -0.288 e. The average Bonchev–Trinajstić information content (AvgIpc) is 2.72. The summed E-state index contributed by atoms with van der Waals surface area (Å²) in [6, 6.07) is 5.58. The van der Waals surface area contributed by atoms with Crippen LogP contribution in [0, 0.1) is 0 Å². The highest BCUT2D eigenvalue weighted by Gasteiger charge is 2.13. The van der Waals surface area contributed by atoms with Crippen LogP contribution in [0.5, 0.6) is 0 Å². The summed E-state index contributed by atoms with van der Waals surface area (Å²) in [7, 11) is 0. The lowest BCUT2D eigenvalue weighted by atomic mass is 10.2. The van der Waals surface area contributed by atoms with E-state index in [9.17, 15) is 4.79 Å². The van der Waals surface area contributed by atoms with Crippen molar-refractivity contribution in [3.63, 3.8) is 0 Å². The van der Waals surface area contributed by atoms with Gasteiger partial charge in [-0.15, -0.1) is 22.7 Å². The van der Waals surface area contributed by atoms with Crippen LogP contribution < -0.4 is 0 Å². The van der Waals surface area contributed by atoms with Gasteiger partial charge < -0.3 is 0 Å². The van der Waals surface area contributed by atoms with Crippen molar-refractivity contribution >= 4 is 44.4 Å². The molecule has 13 heavy (non-hydrogen) atoms. The molecule has 0 bridgehead atoms. The fourth-order valence-corrected chi connectivity index (χ4v) is 2.92. The third-order valence-corrected chi connectivity index (χ3v) is 4.16. The lowest BCUT2D eigenvalue weighted by Gasteiger charge is -1.93. The molecule has 66 valence electrons. The highest BCUT2D eigenvalue weighted by molar-refractivity contribution is 9.11. The number of rotatable bonds is 2. The number of ketones is 1. The Bertz CT molecular complexity index is 417. The lowest BCUT2D eigenvalue weighted by molar-refractivity contribution is 0.104. The van der Waals surface area contributed by atoms with Gasteiger partial charge in [0.15, 0.2) is 0 Å². The Morgan fingerprint density at radius 1 is 1.23 bits per heavy atom. The van der Waals surface area contributed by atoms with Crippen LogP contribution in [0.2, 0.25) is 0 Å². The van der Waals surface area contributed by atoms with E-state index in [1.165, 1.54) is 22.7 Å². The molecule has 2 heterocycles. The second-order valence-electron chi connectivity index (χ2n) is 2.41. The van der Waals surface area contributed by atoms with E-state index >= 15 is 0 Å². The van der Waals surface area contributed by atoms with E-state index < -0.39 is 0 Å². The largest absolute Gasteiger partial charge is 0.288 e. The Balaban J connectivity index is 2.39. The number of halogens is 1. The quantitative estimate of drug-likeness (QED) is 0.760. The van der Waals surface area contributed by atoms with Crippen molar-refractivity contribution in [2.24, 2.45) is 0 Å². The number of hydrogen-bond acceptors (Lipinski definition) is 3. The third kappa shape index (κ3) is 1.75. The normalized spacial score (nSPS) is 10.2. The van der Waals surface area contributed by atoms with E-state index in [0.29, 0.717) is 0 Å². The molecule has 2 aromatic rings. The zero-order valence-electron chi connectivity index (χ0n) is 6.49. The fraction of sp³-hybridized carbons (Fsp3) is 0. The first-order valence-corrected chi connectivity index (χ1v) is 6.15. The Morgan fingerprint density at radius 3 is 2.62 bits per heavy atom. The summed E-state index contributed by atoms with van der Waals surface area (Å²) in [5.74, 6) is 0.100. The van der Waals surface area contributed by atoms with Gasteiger partial charge >= 0.3 is 0 Å². The molecule has 0 atom stereocenters. The number of carbonyl (C=O) groups is 1. The molecule has 0 aliphatic rings. The third-order valence-electron chi connectivity index (χ3n) is 1.61. The zero-order chi connectivity index (χ0) is 9.26. The van der Waals surface area contributed by atoms with Crippen molar-refractivity contribution in [1.29, 1.82) is 0 Å². The van der Waals surface area contributed by atoms with E-state index in [4.69, 9.17) is 0 Å². The zero-order valence-corrected chi connectivity index (χ0v) is 9.71. The van der Waals surface area contributed by atoms with Crippen LogP contribution in [0.25, 0.3) is 0 Å². The van der Waals surface area contributed by atoms with E-state index in [1.807, 2.05) is 29.0 Å². The Hall–Kier alpha value is -0.450. The van der Waals surface area contributed by atoms with E-state index in [0.717, 1.165) is 14.2 Å². The van der Waals surface area contributed by atoms with Gasteiger partial charge in [0.1, 0.15) is 0 Å². The molecule has 2 aromatic heterocycles. The first kappa shape index (κ1) is 9.12. The molecular weight excluding hydrogens is 268 g/mol. The van der Waals surface area contributed by atoms with Gasteiger partial charge in [-0.05, 0) is 38.8 Å². The summed E-state index contributed by atoms with van der Waals surface area (Å²) in [6.45, 7) is 0. The standard InChI is InChI=1S/C9H5BrOS2/c10-9-6(3-5-13-9)8(11)7-2-1-4-12-7/h1-5H. The molecule has 0 N–H and O–H groups in total. The summed E-state index contributed by atoms with van der Waals surface area (Å²) in [5, 5.41) is 3.82. The monoisotopic (exact) mass is 272 g/mol. The molecule has 0 saturated heterocycles. The van der Waals surface area contributed by atoms with Crippen LogP contribution in [0.1, 0.15) is 15.2 Å². The van der Waals surface area contributed by atoms with Crippen LogP contribution in [0.3, 0.4) is 0 Å². The number of thiophene rings is 2. The van der Waals surface area contributed by atoms with E-state index in [1.54, 1.807) is 0 Å². The predicted octanol–water partition coefficient (Wildman–Crippen LogP) is 3.80. The smallest absolute Gasteiger partial charge is 0.204 e. The lowest BCUT2D eigenvalue weighted by Crippen LogP contribution is -1.96. The molecule has 0 radical (unpaired) electrons. The SMILES string of the molecule is O=C(c1cccs1)c1ccsc1Br. The molecule has 2 rings (SSSR count). The van der Waals surface area contributed by atoms with Crippen LogP contribution in [-0.2, 0) is 0 Å². The van der Waals surface area contributed by atoms with Crippen LogP contribution in [0.15, 0.2) is 32.7 Å². The van der Waals surface area contributed by atoms with E-state index in [-0.39, 0.29) is 5.78 Å². The van der Waals surface area contributed by atoms with Crippen LogP contribution in [0.4, 0.5) is 0 Å². The Labute approximate surface area is 92.2 Å². The van der Waals surface area contributed by atoms with Crippen LogP contribution >= 0.6 is 38.6 Å². The van der Waals surface area contributed by atoms with Gasteiger partial charge in [0.2, 0.25) is 5.78 Å².